The van der Waals surface area contributed by atoms with Gasteiger partial charge in [0.05, 0.1) is 30.8 Å². The summed E-state index contributed by atoms with van der Waals surface area (Å²) in [6.45, 7) is 2.23. The second-order valence-electron chi connectivity index (χ2n) is 12.2. The highest BCUT2D eigenvalue weighted by Crippen LogP contribution is 2.57. The lowest BCUT2D eigenvalue weighted by Gasteiger charge is -2.42. The number of aliphatic hydroxyl groups excluding tert-OH is 1. The fourth-order valence-electron chi connectivity index (χ4n) is 7.84. The summed E-state index contributed by atoms with van der Waals surface area (Å²) in [5, 5.41) is 10.7. The van der Waals surface area contributed by atoms with Crippen molar-refractivity contribution in [1.29, 1.82) is 0 Å². The van der Waals surface area contributed by atoms with E-state index >= 15 is 0 Å². The molecule has 214 valence electrons. The molecule has 2 amide bonds. The summed E-state index contributed by atoms with van der Waals surface area (Å²) in [6.07, 6.45) is 14.7. The largest absolute Gasteiger partial charge is 0.465 e. The molecular weight excluding hydrogens is 508 g/mol. The molecule has 1 unspecified atom stereocenters. The van der Waals surface area contributed by atoms with E-state index < -0.39 is 41.1 Å². The summed E-state index contributed by atoms with van der Waals surface area (Å²) in [5.41, 5.74) is -1.49. The molecule has 3 fully saturated rings. The lowest BCUT2D eigenvalue weighted by Crippen LogP contribution is -2.60. The molecule has 0 bridgehead atoms. The van der Waals surface area contributed by atoms with Gasteiger partial charge >= 0.3 is 5.97 Å². The Labute approximate surface area is 236 Å². The Kier molecular flexibility index (Phi) is 7.34. The van der Waals surface area contributed by atoms with Crippen molar-refractivity contribution < 1.29 is 29.0 Å². The normalized spacial score (nSPS) is 36.0. The first-order chi connectivity index (χ1) is 19.4. The average molecular weight is 549 g/mol. The molecule has 0 radical (unpaired) electrons. The number of likely N-dealkylation sites (tertiary alicyclic amines) is 1. The summed E-state index contributed by atoms with van der Waals surface area (Å²) in [4.78, 5) is 46.4. The van der Waals surface area contributed by atoms with E-state index in [1.54, 1.807) is 4.90 Å². The molecule has 0 aromatic heterocycles. The summed E-state index contributed by atoms with van der Waals surface area (Å²) in [7, 11) is 0. The SMILES string of the molecule is C[C@]12/C=C\CCCOC(=O)[C@H]1[C@H]1C(=O)N([C@@H](CO)Cc3ccccc3)C3C(=O)N(C4CCCCC4)CC=C[C@@]31O2. The highest BCUT2D eigenvalue weighted by atomic mass is 16.6. The molecule has 40 heavy (non-hydrogen) atoms. The number of nitrogens with zero attached hydrogens (tertiary/aromatic N) is 2. The lowest BCUT2D eigenvalue weighted by molar-refractivity contribution is -0.162. The van der Waals surface area contributed by atoms with Crippen LogP contribution in [0.15, 0.2) is 54.6 Å². The molecule has 4 aliphatic heterocycles. The Bertz CT molecular complexity index is 1190. The molecule has 6 atom stereocenters. The fraction of sp³-hybridized carbons (Fsp3) is 0.594. The highest BCUT2D eigenvalue weighted by Gasteiger charge is 2.75. The van der Waals surface area contributed by atoms with Crippen LogP contribution in [-0.4, -0.2) is 81.8 Å². The first-order valence-corrected chi connectivity index (χ1v) is 14.9. The third-order valence-corrected chi connectivity index (χ3v) is 9.65. The number of rotatable bonds is 5. The number of ether oxygens (including phenoxy) is 2. The zero-order valence-corrected chi connectivity index (χ0v) is 23.2. The topological polar surface area (TPSA) is 96.4 Å². The van der Waals surface area contributed by atoms with Crippen LogP contribution in [0.25, 0.3) is 0 Å². The van der Waals surface area contributed by atoms with Crippen molar-refractivity contribution in [3.05, 3.63) is 60.2 Å². The van der Waals surface area contributed by atoms with Gasteiger partial charge in [-0.1, -0.05) is 73.9 Å². The van der Waals surface area contributed by atoms with E-state index in [0.29, 0.717) is 19.4 Å². The molecule has 1 spiro atoms. The Morgan fingerprint density at radius 1 is 0.975 bits per heavy atom. The number of allylic oxidation sites excluding steroid dienone is 1. The van der Waals surface area contributed by atoms with Crippen molar-refractivity contribution in [2.45, 2.75) is 87.6 Å². The zero-order valence-electron chi connectivity index (χ0n) is 23.2. The van der Waals surface area contributed by atoms with Gasteiger partial charge in [0.25, 0.3) is 0 Å². The lowest BCUT2D eigenvalue weighted by atomic mass is 9.74. The number of amides is 2. The van der Waals surface area contributed by atoms with Crippen LogP contribution in [0.4, 0.5) is 0 Å². The van der Waals surface area contributed by atoms with Crippen molar-refractivity contribution in [2.24, 2.45) is 11.8 Å². The number of fused-ring (bicyclic) bond motifs is 2. The summed E-state index contributed by atoms with van der Waals surface area (Å²) < 4.78 is 12.6. The fourth-order valence-corrected chi connectivity index (χ4v) is 7.84. The summed E-state index contributed by atoms with van der Waals surface area (Å²) in [6, 6.07) is 8.13. The van der Waals surface area contributed by atoms with Gasteiger partial charge in [-0.2, -0.15) is 0 Å². The number of cyclic esters (lactones) is 1. The van der Waals surface area contributed by atoms with Crippen LogP contribution in [-0.2, 0) is 30.3 Å². The number of benzene rings is 1. The van der Waals surface area contributed by atoms with Crippen molar-refractivity contribution in [2.75, 3.05) is 19.8 Å². The van der Waals surface area contributed by atoms with Crippen LogP contribution in [0, 0.1) is 11.8 Å². The van der Waals surface area contributed by atoms with E-state index in [-0.39, 0.29) is 31.1 Å². The number of esters is 1. The van der Waals surface area contributed by atoms with Crippen molar-refractivity contribution in [1.82, 2.24) is 9.80 Å². The van der Waals surface area contributed by atoms with Crippen LogP contribution in [0.5, 0.6) is 0 Å². The van der Waals surface area contributed by atoms with Gasteiger partial charge in [-0.15, -0.1) is 0 Å². The minimum absolute atomic E-state index is 0.0952. The van der Waals surface area contributed by atoms with Crippen LogP contribution in [0.3, 0.4) is 0 Å². The molecule has 1 aromatic rings. The van der Waals surface area contributed by atoms with Gasteiger partial charge in [0.2, 0.25) is 11.8 Å². The Morgan fingerprint density at radius 2 is 1.75 bits per heavy atom. The van der Waals surface area contributed by atoms with Gasteiger partial charge in [-0.25, -0.2) is 0 Å². The monoisotopic (exact) mass is 548 g/mol. The quantitative estimate of drug-likeness (QED) is 0.449. The van der Waals surface area contributed by atoms with Gasteiger partial charge in [0.1, 0.15) is 17.6 Å². The van der Waals surface area contributed by atoms with E-state index in [1.807, 2.05) is 66.5 Å². The molecule has 1 aromatic carbocycles. The minimum atomic E-state index is -1.34. The van der Waals surface area contributed by atoms with E-state index in [4.69, 9.17) is 9.47 Å². The van der Waals surface area contributed by atoms with Gasteiger partial charge in [-0.3, -0.25) is 14.4 Å². The number of carbonyl (C=O) groups excluding carboxylic acids is 3. The van der Waals surface area contributed by atoms with Crippen LogP contribution in [0.2, 0.25) is 0 Å². The summed E-state index contributed by atoms with van der Waals surface area (Å²) >= 11 is 0. The van der Waals surface area contributed by atoms with Gasteiger partial charge in [-0.05, 0) is 44.6 Å². The molecule has 1 aliphatic carbocycles. The van der Waals surface area contributed by atoms with E-state index in [2.05, 4.69) is 0 Å². The van der Waals surface area contributed by atoms with Crippen LogP contribution in [0.1, 0.15) is 57.4 Å². The molecule has 8 nitrogen and oxygen atoms in total. The Morgan fingerprint density at radius 3 is 2.50 bits per heavy atom. The van der Waals surface area contributed by atoms with Gasteiger partial charge < -0.3 is 24.4 Å². The molecule has 5 aliphatic rings. The van der Waals surface area contributed by atoms with Gasteiger partial charge in [0.15, 0.2) is 0 Å². The smallest absolute Gasteiger partial charge is 0.313 e. The maximum absolute atomic E-state index is 14.7. The first-order valence-electron chi connectivity index (χ1n) is 14.9. The standard InChI is InChI=1S/C32H40N2O6/c1-31-16-9-4-10-19-39-30(38)26(31)25-28(36)34(24(21-35)20-22-12-5-2-6-13-22)27-29(37)33(23-14-7-3-8-15-23)18-11-17-32(25,27)40-31/h2,5-6,9,11-13,16-17,23-27,35H,3-4,7-8,10,14-15,18-21H2,1H3/b16-9-/t24-,25+,26-,27?,31+,32+/m1/s1. The maximum Gasteiger partial charge on any atom is 0.313 e. The van der Waals surface area contributed by atoms with Crippen molar-refractivity contribution in [3.63, 3.8) is 0 Å². The minimum Gasteiger partial charge on any atom is -0.465 e. The molecule has 6 rings (SSSR count). The number of hydrogen-bond acceptors (Lipinski definition) is 6. The van der Waals surface area contributed by atoms with Crippen LogP contribution < -0.4 is 0 Å². The highest BCUT2D eigenvalue weighted by molar-refractivity contribution is 5.99. The third-order valence-electron chi connectivity index (χ3n) is 9.65. The second-order valence-corrected chi connectivity index (χ2v) is 12.2. The molecule has 8 heteroatoms. The third kappa shape index (κ3) is 4.40. The first kappa shape index (κ1) is 27.2. The van der Waals surface area contributed by atoms with Gasteiger partial charge in [0, 0.05) is 12.6 Å². The number of carbonyl (C=O) groups is 3. The second kappa shape index (κ2) is 10.8. The van der Waals surface area contributed by atoms with E-state index in [9.17, 15) is 19.5 Å². The van der Waals surface area contributed by atoms with Crippen molar-refractivity contribution in [3.8, 4) is 0 Å². The maximum atomic E-state index is 14.7. The Hall–Kier alpha value is -2.97. The number of aliphatic hydroxyl groups is 1. The molecular formula is C32H40N2O6. The van der Waals surface area contributed by atoms with Crippen molar-refractivity contribution >= 4 is 17.8 Å². The molecule has 1 saturated carbocycles. The molecule has 1 N–H and O–H groups in total. The predicted molar refractivity (Wildman–Crippen MR) is 148 cm³/mol. The van der Waals surface area contributed by atoms with E-state index in [1.165, 1.54) is 0 Å². The predicted octanol–water partition coefficient (Wildman–Crippen LogP) is 3.19. The summed E-state index contributed by atoms with van der Waals surface area (Å²) in [5.74, 6) is -2.80. The molecule has 2 saturated heterocycles. The van der Waals surface area contributed by atoms with Crippen LogP contribution >= 0.6 is 0 Å². The zero-order chi connectivity index (χ0) is 27.9. The Balaban J connectivity index is 1.47. The average Bonchev–Trinajstić information content (AvgIpc) is 3.32. The molecule has 4 heterocycles. The van der Waals surface area contributed by atoms with E-state index in [0.717, 1.165) is 44.1 Å². The number of hydrogen-bond donors (Lipinski definition) is 1.